The lowest BCUT2D eigenvalue weighted by molar-refractivity contribution is -0.749. The van der Waals surface area contributed by atoms with Gasteiger partial charge in [0.2, 0.25) is 11.7 Å². The number of rotatable bonds is 2. The highest BCUT2D eigenvalue weighted by Crippen LogP contribution is 2.38. The summed E-state index contributed by atoms with van der Waals surface area (Å²) in [5, 5.41) is 19.0. The maximum atomic E-state index is 14.7. The van der Waals surface area contributed by atoms with Crippen LogP contribution in [0.4, 0.5) is 10.2 Å². The van der Waals surface area contributed by atoms with Crippen LogP contribution in [0.5, 0.6) is 0 Å². The molecule has 1 saturated heterocycles. The molecule has 0 saturated carbocycles. The van der Waals surface area contributed by atoms with E-state index in [1.807, 2.05) is 0 Å². The maximum absolute atomic E-state index is 14.7. The Morgan fingerprint density at radius 2 is 2.35 bits per heavy atom. The van der Waals surface area contributed by atoms with Gasteiger partial charge in [-0.3, -0.25) is 4.98 Å². The number of aliphatic hydroxyl groups is 2. The summed E-state index contributed by atoms with van der Waals surface area (Å²) >= 11 is 0. The first kappa shape index (κ1) is 13.2. The van der Waals surface area contributed by atoms with Gasteiger partial charge in [0.25, 0.3) is 0 Å². The molecule has 2 aromatic rings. The average molecular weight is 284 g/mol. The van der Waals surface area contributed by atoms with Crippen molar-refractivity contribution in [3.63, 3.8) is 0 Å². The molecule has 1 aliphatic rings. The summed E-state index contributed by atoms with van der Waals surface area (Å²) in [4.78, 5) is 10.7. The van der Waals surface area contributed by atoms with E-state index in [1.54, 1.807) is 0 Å². The van der Waals surface area contributed by atoms with Gasteiger partial charge in [0.1, 0.15) is 12.2 Å². The fourth-order valence-corrected chi connectivity index (χ4v) is 2.46. The number of nitrogen functional groups attached to an aromatic ring is 1. The summed E-state index contributed by atoms with van der Waals surface area (Å²) in [6.45, 7) is 0.742. The van der Waals surface area contributed by atoms with Crippen molar-refractivity contribution in [1.29, 1.82) is 0 Å². The predicted molar refractivity (Wildman–Crippen MR) is 65.0 cm³/mol. The second kappa shape index (κ2) is 4.33. The molecular formula is C11H15FN5O3+. The number of H-pyrrole nitrogens is 1. The Morgan fingerprint density at radius 1 is 1.60 bits per heavy atom. The monoisotopic (exact) mass is 284 g/mol. The Hall–Kier alpha value is -1.84. The smallest absolute Gasteiger partial charge is 0.309 e. The van der Waals surface area contributed by atoms with Crippen LogP contribution in [-0.4, -0.2) is 49.6 Å². The van der Waals surface area contributed by atoms with E-state index in [0.29, 0.717) is 11.2 Å². The molecule has 20 heavy (non-hydrogen) atoms. The first-order valence-electron chi connectivity index (χ1n) is 6.08. The third-order valence-corrected chi connectivity index (χ3v) is 3.60. The predicted octanol–water partition coefficient (Wildman–Crippen LogP) is -1.19. The topological polar surface area (TPSA) is 121 Å². The van der Waals surface area contributed by atoms with Crippen molar-refractivity contribution in [2.24, 2.45) is 0 Å². The molecule has 0 aliphatic carbocycles. The molecule has 3 heterocycles. The number of aliphatic hydroxyl groups excluding tert-OH is 2. The summed E-state index contributed by atoms with van der Waals surface area (Å²) in [7, 11) is 0. The maximum Gasteiger partial charge on any atom is 0.309 e. The molecule has 0 aromatic carbocycles. The van der Waals surface area contributed by atoms with E-state index in [-0.39, 0.29) is 5.82 Å². The SMILES string of the molecule is CC1(F)[C@@H](O)[C@@H](CO)O[C@H]1[n+]1c[nH]c2c(N)ncnc21. The third kappa shape index (κ3) is 1.67. The molecule has 4 atom stereocenters. The van der Waals surface area contributed by atoms with Crippen LogP contribution in [0.15, 0.2) is 12.7 Å². The number of imidazole rings is 1. The number of nitrogens with two attached hydrogens (primary N) is 1. The van der Waals surface area contributed by atoms with Crippen LogP contribution in [0.2, 0.25) is 0 Å². The molecule has 1 unspecified atom stereocenters. The van der Waals surface area contributed by atoms with E-state index in [4.69, 9.17) is 15.6 Å². The normalized spacial score (nSPS) is 33.9. The zero-order valence-electron chi connectivity index (χ0n) is 10.7. The fourth-order valence-electron chi connectivity index (χ4n) is 2.46. The summed E-state index contributed by atoms with van der Waals surface area (Å²) in [5.41, 5.74) is 4.43. The second-order valence-electron chi connectivity index (χ2n) is 4.94. The van der Waals surface area contributed by atoms with Crippen LogP contribution in [-0.2, 0) is 4.74 Å². The summed E-state index contributed by atoms with van der Waals surface area (Å²) in [6, 6.07) is 0. The van der Waals surface area contributed by atoms with Crippen LogP contribution in [0.1, 0.15) is 13.2 Å². The molecule has 0 radical (unpaired) electrons. The highest BCUT2D eigenvalue weighted by atomic mass is 19.1. The van der Waals surface area contributed by atoms with Gasteiger partial charge in [-0.15, -0.1) is 0 Å². The van der Waals surface area contributed by atoms with Gasteiger partial charge in [0.05, 0.1) is 6.61 Å². The second-order valence-corrected chi connectivity index (χ2v) is 4.94. The minimum atomic E-state index is -2.08. The van der Waals surface area contributed by atoms with Crippen LogP contribution in [0.3, 0.4) is 0 Å². The molecule has 2 aromatic heterocycles. The van der Waals surface area contributed by atoms with Crippen molar-refractivity contribution in [2.75, 3.05) is 12.3 Å². The number of hydrogen-bond acceptors (Lipinski definition) is 6. The lowest BCUT2D eigenvalue weighted by atomic mass is 9.98. The van der Waals surface area contributed by atoms with E-state index < -0.39 is 30.7 Å². The van der Waals surface area contributed by atoms with E-state index in [1.165, 1.54) is 24.1 Å². The van der Waals surface area contributed by atoms with Crippen LogP contribution < -0.4 is 10.3 Å². The number of aromatic nitrogens is 4. The fraction of sp³-hybridized carbons (Fsp3) is 0.545. The Morgan fingerprint density at radius 3 is 3.00 bits per heavy atom. The third-order valence-electron chi connectivity index (χ3n) is 3.60. The zero-order valence-corrected chi connectivity index (χ0v) is 10.7. The number of halogens is 1. The number of alkyl halides is 1. The number of nitrogens with one attached hydrogen (secondary N) is 1. The van der Waals surface area contributed by atoms with E-state index >= 15 is 0 Å². The number of hydrogen-bond donors (Lipinski definition) is 4. The molecule has 1 fully saturated rings. The van der Waals surface area contributed by atoms with Gasteiger partial charge < -0.3 is 20.7 Å². The molecule has 0 amide bonds. The summed E-state index contributed by atoms with van der Waals surface area (Å²) in [6.07, 6.45) is -0.851. The highest BCUT2D eigenvalue weighted by Gasteiger charge is 2.57. The Kier molecular flexibility index (Phi) is 2.85. The first-order valence-corrected chi connectivity index (χ1v) is 6.08. The van der Waals surface area contributed by atoms with Gasteiger partial charge in [-0.05, 0) is 6.92 Å². The standard InChI is InChI=1S/C11H14FN5O3/c1-11(12)7(19)5(2-18)20-10(11)17-4-16-6-8(13)14-3-15-9(6)17/h3-5,7,10,18-19H,2H2,1H3,(H2,13,14,15)/p+1/t5-,7+,10-,11?/m1/s1. The lowest BCUT2D eigenvalue weighted by Gasteiger charge is -2.21. The number of anilines is 1. The zero-order chi connectivity index (χ0) is 14.5. The number of fused-ring (bicyclic) bond motifs is 1. The van der Waals surface area contributed by atoms with Gasteiger partial charge in [0.15, 0.2) is 24.1 Å². The minimum Gasteiger partial charge on any atom is -0.394 e. The molecule has 1 aliphatic heterocycles. The summed E-state index contributed by atoms with van der Waals surface area (Å²) < 4.78 is 21.5. The van der Waals surface area contributed by atoms with Crippen LogP contribution >= 0.6 is 0 Å². The van der Waals surface area contributed by atoms with Crippen molar-refractivity contribution < 1.29 is 23.9 Å². The minimum absolute atomic E-state index is 0.228. The van der Waals surface area contributed by atoms with Crippen molar-refractivity contribution >= 4 is 17.0 Å². The van der Waals surface area contributed by atoms with E-state index in [2.05, 4.69) is 15.0 Å². The number of nitrogens with zero attached hydrogens (tertiary/aromatic N) is 3. The largest absolute Gasteiger partial charge is 0.394 e. The Balaban J connectivity index is 2.10. The molecule has 8 nitrogen and oxygen atoms in total. The van der Waals surface area contributed by atoms with Crippen LogP contribution in [0, 0.1) is 0 Å². The molecular weight excluding hydrogens is 269 g/mol. The van der Waals surface area contributed by atoms with Gasteiger partial charge >= 0.3 is 5.65 Å². The number of aromatic amines is 1. The van der Waals surface area contributed by atoms with Gasteiger partial charge in [0, 0.05) is 0 Å². The average Bonchev–Trinajstić information content (AvgIpc) is 2.92. The van der Waals surface area contributed by atoms with Crippen molar-refractivity contribution in [3.8, 4) is 0 Å². The number of ether oxygens (including phenoxy) is 1. The molecule has 0 spiro atoms. The summed E-state index contributed by atoms with van der Waals surface area (Å²) in [5.74, 6) is 0.228. The molecule has 9 heteroatoms. The van der Waals surface area contributed by atoms with Gasteiger partial charge in [-0.1, -0.05) is 4.98 Å². The molecule has 5 N–H and O–H groups in total. The highest BCUT2D eigenvalue weighted by molar-refractivity contribution is 5.77. The van der Waals surface area contributed by atoms with Crippen molar-refractivity contribution in [2.45, 2.75) is 31.0 Å². The first-order chi connectivity index (χ1) is 9.46. The van der Waals surface area contributed by atoms with Gasteiger partial charge in [-0.2, -0.15) is 4.98 Å². The lowest BCUT2D eigenvalue weighted by Crippen LogP contribution is -2.50. The molecule has 108 valence electrons. The Labute approximate surface area is 113 Å². The van der Waals surface area contributed by atoms with E-state index in [0.717, 1.165) is 0 Å². The Bertz CT molecular complexity index is 646. The van der Waals surface area contributed by atoms with Gasteiger partial charge in [-0.25, -0.2) is 8.96 Å². The van der Waals surface area contributed by atoms with Crippen molar-refractivity contribution in [1.82, 2.24) is 15.0 Å². The molecule has 0 bridgehead atoms. The van der Waals surface area contributed by atoms with E-state index in [9.17, 15) is 9.50 Å². The quantitative estimate of drug-likeness (QED) is 0.514. The molecule has 3 rings (SSSR count). The van der Waals surface area contributed by atoms with Crippen LogP contribution in [0.25, 0.3) is 11.2 Å². The van der Waals surface area contributed by atoms with Crippen molar-refractivity contribution in [3.05, 3.63) is 12.7 Å².